The predicted octanol–water partition coefficient (Wildman–Crippen LogP) is 13.8. The third-order valence-corrected chi connectivity index (χ3v) is 12.9. The van der Waals surface area contributed by atoms with Crippen molar-refractivity contribution in [2.75, 3.05) is 5.01 Å². The van der Waals surface area contributed by atoms with E-state index in [0.717, 1.165) is 61.9 Å². The molecule has 1 aliphatic heterocycles. The number of hydrogen-bond acceptors (Lipinski definition) is 2. The van der Waals surface area contributed by atoms with Crippen molar-refractivity contribution in [3.63, 3.8) is 0 Å². The molecule has 3 heteroatoms. The molecule has 6 aromatic rings. The van der Waals surface area contributed by atoms with Gasteiger partial charge in [-0.1, -0.05) is 146 Å². The van der Waals surface area contributed by atoms with Gasteiger partial charge in [-0.2, -0.15) is 5.10 Å². The van der Waals surface area contributed by atoms with Gasteiger partial charge < -0.3 is 4.57 Å². The topological polar surface area (TPSA) is 20.5 Å². The minimum Gasteiger partial charge on any atom is -0.309 e. The third-order valence-electron chi connectivity index (χ3n) is 12.9. The van der Waals surface area contributed by atoms with Gasteiger partial charge in [-0.05, 0) is 121 Å². The first-order valence-electron chi connectivity index (χ1n) is 21.2. The molecule has 0 spiro atoms. The van der Waals surface area contributed by atoms with Crippen molar-refractivity contribution in [1.29, 1.82) is 0 Å². The maximum atomic E-state index is 5.90. The molecule has 0 fully saturated rings. The molecule has 0 radical (unpaired) electrons. The van der Waals surface area contributed by atoms with Crippen LogP contribution in [0.2, 0.25) is 0 Å². The molecule has 1 unspecified atom stereocenters. The number of hydrazone groups is 1. The third kappa shape index (κ3) is 5.75. The molecule has 5 aromatic carbocycles. The van der Waals surface area contributed by atoms with Crippen molar-refractivity contribution in [1.82, 2.24) is 4.57 Å². The minimum atomic E-state index is 0.502. The number of benzene rings is 5. The fraction of sp³-hybridized carbons (Fsp3) is 0.182. The van der Waals surface area contributed by atoms with Gasteiger partial charge in [0, 0.05) is 39.2 Å². The van der Waals surface area contributed by atoms with Crippen molar-refractivity contribution in [3.8, 4) is 16.8 Å². The molecule has 1 atom stereocenters. The Morgan fingerprint density at radius 3 is 2.36 bits per heavy atom. The molecule has 58 heavy (non-hydrogen) atoms. The second-order valence-electron chi connectivity index (χ2n) is 16.6. The van der Waals surface area contributed by atoms with Crippen LogP contribution in [0.15, 0.2) is 174 Å². The zero-order valence-corrected chi connectivity index (χ0v) is 33.4. The highest BCUT2D eigenvalue weighted by molar-refractivity contribution is 6.16. The zero-order chi connectivity index (χ0) is 38.7. The number of nitrogens with zero attached hydrogens (tertiary/aromatic N) is 3. The molecule has 2 heterocycles. The van der Waals surface area contributed by atoms with Crippen LogP contribution in [0, 0.1) is 5.92 Å². The molecule has 11 rings (SSSR count). The Morgan fingerprint density at radius 2 is 1.48 bits per heavy atom. The summed E-state index contributed by atoms with van der Waals surface area (Å²) in [6.07, 6.45) is 23.7. The zero-order valence-electron chi connectivity index (χ0n) is 33.4. The van der Waals surface area contributed by atoms with E-state index in [4.69, 9.17) is 5.10 Å². The van der Waals surface area contributed by atoms with Gasteiger partial charge in [0.05, 0.1) is 22.8 Å². The molecule has 4 aliphatic carbocycles. The van der Waals surface area contributed by atoms with E-state index in [0.29, 0.717) is 5.92 Å². The van der Waals surface area contributed by atoms with Crippen molar-refractivity contribution >= 4 is 39.4 Å². The number of allylic oxidation sites excluding steroid dienone is 10. The average molecular weight is 750 g/mol. The summed E-state index contributed by atoms with van der Waals surface area (Å²) in [6.45, 7) is 4.61. The summed E-state index contributed by atoms with van der Waals surface area (Å²) in [7, 11) is 0. The lowest BCUT2D eigenvalue weighted by Crippen LogP contribution is -2.23. The van der Waals surface area contributed by atoms with Crippen LogP contribution in [-0.4, -0.2) is 10.3 Å². The largest absolute Gasteiger partial charge is 0.309 e. The van der Waals surface area contributed by atoms with Crippen molar-refractivity contribution < 1.29 is 0 Å². The summed E-state index contributed by atoms with van der Waals surface area (Å²) in [5, 5.41) is 10.7. The van der Waals surface area contributed by atoms with E-state index < -0.39 is 0 Å². The van der Waals surface area contributed by atoms with E-state index in [-0.39, 0.29) is 0 Å². The lowest BCUT2D eigenvalue weighted by molar-refractivity contribution is 0.704. The maximum absolute atomic E-state index is 5.90. The summed E-state index contributed by atoms with van der Waals surface area (Å²) >= 11 is 0. The van der Waals surface area contributed by atoms with E-state index in [1.165, 1.54) is 89.2 Å². The molecule has 0 amide bonds. The van der Waals surface area contributed by atoms with E-state index in [1.54, 1.807) is 0 Å². The van der Waals surface area contributed by atoms with Crippen LogP contribution in [0.1, 0.15) is 85.2 Å². The van der Waals surface area contributed by atoms with Gasteiger partial charge in [-0.3, -0.25) is 0 Å². The SMILES string of the molecule is CC1=C(/C(=N\N2C3=C(C=CCC3)c3c(c4c(n3-c3ccc5ccccc5c3)C=CCC4)-c3ccccc32)c2ccc(C3=CCCc4ccccc43)cc2)C=CC(C)C1. The van der Waals surface area contributed by atoms with Crippen LogP contribution in [0.5, 0.6) is 0 Å². The maximum Gasteiger partial charge on any atom is 0.0983 e. The Bertz CT molecular complexity index is 2880. The first kappa shape index (κ1) is 34.8. The highest BCUT2D eigenvalue weighted by Crippen LogP contribution is 2.51. The van der Waals surface area contributed by atoms with Crippen LogP contribution < -0.4 is 5.01 Å². The lowest BCUT2D eigenvalue weighted by atomic mass is 9.85. The average Bonchev–Trinajstić information content (AvgIpc) is 3.56. The van der Waals surface area contributed by atoms with Gasteiger partial charge in [0.25, 0.3) is 0 Å². The molecule has 3 nitrogen and oxygen atoms in total. The second kappa shape index (κ2) is 14.2. The van der Waals surface area contributed by atoms with Crippen LogP contribution >= 0.6 is 0 Å². The molecule has 0 N–H and O–H groups in total. The quantitative estimate of drug-likeness (QED) is 0.161. The molecule has 0 saturated carbocycles. The number of aryl methyl sites for hydroxylation is 1. The van der Waals surface area contributed by atoms with Crippen molar-refractivity contribution in [2.24, 2.45) is 11.0 Å². The molecule has 282 valence electrons. The predicted molar refractivity (Wildman–Crippen MR) is 244 cm³/mol. The van der Waals surface area contributed by atoms with Gasteiger partial charge in [-0.15, -0.1) is 0 Å². The Hall–Kier alpha value is -6.45. The summed E-state index contributed by atoms with van der Waals surface area (Å²) in [6, 6.07) is 42.8. The number of rotatable bonds is 5. The number of hydrogen-bond donors (Lipinski definition) is 0. The highest BCUT2D eigenvalue weighted by atomic mass is 15.5. The Kier molecular flexibility index (Phi) is 8.50. The summed E-state index contributed by atoms with van der Waals surface area (Å²) in [5.41, 5.74) is 21.6. The van der Waals surface area contributed by atoms with Crippen LogP contribution in [0.4, 0.5) is 5.69 Å². The minimum absolute atomic E-state index is 0.502. The Morgan fingerprint density at radius 1 is 0.707 bits per heavy atom. The second-order valence-corrected chi connectivity index (χ2v) is 16.6. The first-order chi connectivity index (χ1) is 28.6. The van der Waals surface area contributed by atoms with E-state index in [2.05, 4.69) is 181 Å². The highest BCUT2D eigenvalue weighted by Gasteiger charge is 2.35. The van der Waals surface area contributed by atoms with E-state index in [9.17, 15) is 0 Å². The van der Waals surface area contributed by atoms with E-state index >= 15 is 0 Å². The summed E-state index contributed by atoms with van der Waals surface area (Å²) in [4.78, 5) is 0. The van der Waals surface area contributed by atoms with Crippen molar-refractivity contribution in [2.45, 2.75) is 58.8 Å². The van der Waals surface area contributed by atoms with Crippen LogP contribution in [0.25, 0.3) is 44.8 Å². The van der Waals surface area contributed by atoms with Crippen molar-refractivity contribution in [3.05, 3.63) is 208 Å². The summed E-state index contributed by atoms with van der Waals surface area (Å²) < 4.78 is 2.55. The van der Waals surface area contributed by atoms with Crippen LogP contribution in [0.3, 0.4) is 0 Å². The normalized spacial score (nSPS) is 18.4. The molecule has 5 aliphatic rings. The first-order valence-corrected chi connectivity index (χ1v) is 21.2. The molecular formula is C55H47N3. The molecule has 1 aromatic heterocycles. The monoisotopic (exact) mass is 749 g/mol. The Labute approximate surface area is 342 Å². The molecule has 0 bridgehead atoms. The fourth-order valence-corrected chi connectivity index (χ4v) is 10.1. The number of aromatic nitrogens is 1. The smallest absolute Gasteiger partial charge is 0.0983 e. The fourth-order valence-electron chi connectivity index (χ4n) is 10.1. The summed E-state index contributed by atoms with van der Waals surface area (Å²) in [5.74, 6) is 0.502. The molecule has 0 saturated heterocycles. The van der Waals surface area contributed by atoms with Gasteiger partial charge >= 0.3 is 0 Å². The Balaban J connectivity index is 1.13. The number of anilines is 1. The van der Waals surface area contributed by atoms with Gasteiger partial charge in [0.1, 0.15) is 0 Å². The van der Waals surface area contributed by atoms with Gasteiger partial charge in [0.2, 0.25) is 0 Å². The van der Waals surface area contributed by atoms with Gasteiger partial charge in [-0.25, -0.2) is 5.01 Å². The van der Waals surface area contributed by atoms with E-state index in [1.807, 2.05) is 0 Å². The standard InChI is InChI=1S/C55H47N3/c1-36-26-33-44(37(2)34-36)54(41-29-27-40(28-30-41)46-22-13-17-39-15-5-6-18-45(39)46)56-58-51-24-11-8-20-48(51)53-47-19-7-10-23-50(47)57(55(53)49-21-9-12-25-52(49)58)43-32-31-38-14-3-4-16-42(38)35-43/h3-6,8-11,14-16,18,20-24,26-33,35-36H,7,12-13,17,19,25,34H2,1-2H3/b56-54-. The number of para-hydroxylation sites is 1. The molecular weight excluding hydrogens is 703 g/mol. The van der Waals surface area contributed by atoms with Gasteiger partial charge in [0.15, 0.2) is 0 Å². The lowest BCUT2D eigenvalue weighted by Gasteiger charge is -2.29. The van der Waals surface area contributed by atoms with Crippen LogP contribution in [-0.2, 0) is 12.8 Å². The number of fused-ring (bicyclic) bond motifs is 8.